The molecule has 0 atom stereocenters. The number of carboxylic acids is 1. The van der Waals surface area contributed by atoms with E-state index in [1.807, 2.05) is 20.0 Å². The molecule has 1 saturated carbocycles. The Hall–Kier alpha value is -1.36. The number of aromatic nitrogens is 1. The molecule has 0 radical (unpaired) electrons. The summed E-state index contributed by atoms with van der Waals surface area (Å²) in [6.45, 7) is 2.51. The van der Waals surface area contributed by atoms with Gasteiger partial charge in [-0.15, -0.1) is 0 Å². The monoisotopic (exact) mass is 266 g/mol. The quantitative estimate of drug-likeness (QED) is 0.887. The van der Waals surface area contributed by atoms with Crippen LogP contribution in [-0.2, 0) is 11.3 Å². The van der Waals surface area contributed by atoms with E-state index in [0.29, 0.717) is 6.54 Å². The Morgan fingerprint density at radius 3 is 2.68 bits per heavy atom. The Morgan fingerprint density at radius 1 is 1.47 bits per heavy atom. The zero-order valence-corrected chi connectivity index (χ0v) is 11.7. The molecular weight excluding hydrogens is 244 g/mol. The molecule has 2 rings (SSSR count). The molecule has 0 saturated heterocycles. The molecule has 1 aliphatic rings. The first-order valence-corrected chi connectivity index (χ1v) is 6.87. The van der Waals surface area contributed by atoms with Crippen molar-refractivity contribution in [3.8, 4) is 0 Å². The third-order valence-corrected chi connectivity index (χ3v) is 4.14. The highest BCUT2D eigenvalue weighted by Crippen LogP contribution is 2.36. The van der Waals surface area contributed by atoms with E-state index < -0.39 is 5.97 Å². The number of aryl methyl sites for hydroxylation is 1. The SMILES string of the molecule is Cc1cc(CN(C)C2(CC(=O)O)CCCCC2)on1. The second-order valence-corrected chi connectivity index (χ2v) is 5.65. The first-order valence-electron chi connectivity index (χ1n) is 6.87. The number of carbonyl (C=O) groups is 1. The number of carboxylic acid groups (broad SMARTS) is 1. The van der Waals surface area contributed by atoms with Crippen LogP contribution in [0.2, 0.25) is 0 Å². The van der Waals surface area contributed by atoms with E-state index in [9.17, 15) is 9.90 Å². The van der Waals surface area contributed by atoms with Crippen LogP contribution in [0.5, 0.6) is 0 Å². The Kier molecular flexibility index (Phi) is 4.24. The molecule has 0 aliphatic heterocycles. The van der Waals surface area contributed by atoms with Crippen molar-refractivity contribution in [3.63, 3.8) is 0 Å². The van der Waals surface area contributed by atoms with Crippen molar-refractivity contribution < 1.29 is 14.4 Å². The van der Waals surface area contributed by atoms with E-state index in [-0.39, 0.29) is 12.0 Å². The number of hydrogen-bond donors (Lipinski definition) is 1. The van der Waals surface area contributed by atoms with Crippen LogP contribution in [0.15, 0.2) is 10.6 Å². The van der Waals surface area contributed by atoms with Crippen molar-refractivity contribution in [2.45, 2.75) is 57.5 Å². The minimum absolute atomic E-state index is 0.205. The topological polar surface area (TPSA) is 66.6 Å². The zero-order valence-electron chi connectivity index (χ0n) is 11.7. The lowest BCUT2D eigenvalue weighted by Crippen LogP contribution is -2.48. The van der Waals surface area contributed by atoms with Crippen molar-refractivity contribution >= 4 is 5.97 Å². The molecule has 0 spiro atoms. The number of rotatable bonds is 5. The van der Waals surface area contributed by atoms with Crippen LogP contribution in [0.25, 0.3) is 0 Å². The third-order valence-electron chi connectivity index (χ3n) is 4.14. The first kappa shape index (κ1) is 14.1. The maximum absolute atomic E-state index is 11.2. The van der Waals surface area contributed by atoms with Crippen LogP contribution in [0.4, 0.5) is 0 Å². The molecule has 0 amide bonds. The molecule has 5 heteroatoms. The van der Waals surface area contributed by atoms with Gasteiger partial charge in [-0.3, -0.25) is 9.69 Å². The number of hydrogen-bond acceptors (Lipinski definition) is 4. The van der Waals surface area contributed by atoms with E-state index in [1.54, 1.807) is 0 Å². The number of aliphatic carboxylic acids is 1. The molecule has 5 nitrogen and oxygen atoms in total. The van der Waals surface area contributed by atoms with Gasteiger partial charge >= 0.3 is 5.97 Å². The van der Waals surface area contributed by atoms with Gasteiger partial charge in [0.05, 0.1) is 18.7 Å². The van der Waals surface area contributed by atoms with Gasteiger partial charge in [0.15, 0.2) is 5.76 Å². The fraction of sp³-hybridized carbons (Fsp3) is 0.714. The highest BCUT2D eigenvalue weighted by molar-refractivity contribution is 5.68. The van der Waals surface area contributed by atoms with Crippen molar-refractivity contribution in [1.82, 2.24) is 10.1 Å². The molecule has 1 aliphatic carbocycles. The summed E-state index contributed by atoms with van der Waals surface area (Å²) < 4.78 is 5.24. The summed E-state index contributed by atoms with van der Waals surface area (Å²) >= 11 is 0. The summed E-state index contributed by atoms with van der Waals surface area (Å²) in [5.74, 6) is 0.0813. The molecule has 1 aromatic rings. The Labute approximate surface area is 113 Å². The average molecular weight is 266 g/mol. The van der Waals surface area contributed by atoms with Crippen LogP contribution >= 0.6 is 0 Å². The van der Waals surface area contributed by atoms with Crippen LogP contribution in [0, 0.1) is 6.92 Å². The van der Waals surface area contributed by atoms with Gasteiger partial charge in [0.1, 0.15) is 0 Å². The number of nitrogens with zero attached hydrogens (tertiary/aromatic N) is 2. The lowest BCUT2D eigenvalue weighted by atomic mass is 9.78. The van der Waals surface area contributed by atoms with Crippen molar-refractivity contribution in [2.24, 2.45) is 0 Å². The van der Waals surface area contributed by atoms with Gasteiger partial charge < -0.3 is 9.63 Å². The Bertz CT molecular complexity index is 436. The first-order chi connectivity index (χ1) is 9.02. The average Bonchev–Trinajstić information content (AvgIpc) is 2.75. The smallest absolute Gasteiger partial charge is 0.305 e. The van der Waals surface area contributed by atoms with E-state index in [4.69, 9.17) is 4.52 Å². The van der Waals surface area contributed by atoms with Gasteiger partial charge in [-0.2, -0.15) is 0 Å². The second-order valence-electron chi connectivity index (χ2n) is 5.65. The molecule has 19 heavy (non-hydrogen) atoms. The van der Waals surface area contributed by atoms with E-state index in [0.717, 1.165) is 37.1 Å². The van der Waals surface area contributed by atoms with Crippen molar-refractivity contribution in [3.05, 3.63) is 17.5 Å². The van der Waals surface area contributed by atoms with Gasteiger partial charge in [0.25, 0.3) is 0 Å². The highest BCUT2D eigenvalue weighted by atomic mass is 16.5. The van der Waals surface area contributed by atoms with Gasteiger partial charge in [-0.1, -0.05) is 24.4 Å². The predicted octanol–water partition coefficient (Wildman–Crippen LogP) is 2.59. The van der Waals surface area contributed by atoms with Crippen LogP contribution in [-0.4, -0.2) is 33.7 Å². The summed E-state index contributed by atoms with van der Waals surface area (Å²) in [5.41, 5.74) is 0.629. The molecule has 1 heterocycles. The molecule has 0 aromatic carbocycles. The zero-order chi connectivity index (χ0) is 13.9. The van der Waals surface area contributed by atoms with E-state index in [2.05, 4.69) is 10.1 Å². The van der Waals surface area contributed by atoms with E-state index in [1.165, 1.54) is 6.42 Å². The lowest BCUT2D eigenvalue weighted by molar-refractivity contribution is -0.141. The molecule has 0 bridgehead atoms. The van der Waals surface area contributed by atoms with E-state index >= 15 is 0 Å². The minimum Gasteiger partial charge on any atom is -0.481 e. The maximum Gasteiger partial charge on any atom is 0.305 e. The fourth-order valence-electron chi connectivity index (χ4n) is 3.08. The minimum atomic E-state index is -0.720. The summed E-state index contributed by atoms with van der Waals surface area (Å²) in [6.07, 6.45) is 5.51. The van der Waals surface area contributed by atoms with Gasteiger partial charge in [0, 0.05) is 11.6 Å². The maximum atomic E-state index is 11.2. The van der Waals surface area contributed by atoms with Crippen molar-refractivity contribution in [1.29, 1.82) is 0 Å². The Morgan fingerprint density at radius 2 is 2.16 bits per heavy atom. The van der Waals surface area contributed by atoms with Gasteiger partial charge in [-0.25, -0.2) is 0 Å². The van der Waals surface area contributed by atoms with Crippen LogP contribution in [0.1, 0.15) is 50.0 Å². The normalized spacial score (nSPS) is 18.7. The summed E-state index contributed by atoms with van der Waals surface area (Å²) in [5, 5.41) is 13.1. The fourth-order valence-corrected chi connectivity index (χ4v) is 3.08. The Balaban J connectivity index is 2.10. The largest absolute Gasteiger partial charge is 0.481 e. The van der Waals surface area contributed by atoms with Gasteiger partial charge in [0.2, 0.25) is 0 Å². The molecular formula is C14H22N2O3. The third kappa shape index (κ3) is 3.35. The summed E-state index contributed by atoms with van der Waals surface area (Å²) in [6, 6.07) is 1.91. The van der Waals surface area contributed by atoms with Crippen LogP contribution < -0.4 is 0 Å². The lowest BCUT2D eigenvalue weighted by Gasteiger charge is -2.43. The van der Waals surface area contributed by atoms with Crippen molar-refractivity contribution in [2.75, 3.05) is 7.05 Å². The second kappa shape index (κ2) is 5.74. The highest BCUT2D eigenvalue weighted by Gasteiger charge is 2.38. The van der Waals surface area contributed by atoms with Crippen LogP contribution in [0.3, 0.4) is 0 Å². The predicted molar refractivity (Wildman–Crippen MR) is 70.8 cm³/mol. The molecule has 1 aromatic heterocycles. The molecule has 0 unspecified atom stereocenters. The standard InChI is InChI=1S/C14H22N2O3/c1-11-8-12(19-15-11)10-16(2)14(9-13(17)18)6-4-3-5-7-14/h8H,3-7,9-10H2,1-2H3,(H,17,18). The summed E-state index contributed by atoms with van der Waals surface area (Å²) in [7, 11) is 1.99. The summed E-state index contributed by atoms with van der Waals surface area (Å²) in [4.78, 5) is 13.3. The molecule has 1 N–H and O–H groups in total. The van der Waals surface area contributed by atoms with Gasteiger partial charge in [-0.05, 0) is 26.8 Å². The molecule has 106 valence electrons. The molecule has 1 fully saturated rings.